The largest absolute Gasteiger partial charge is 0.452 e. The number of aryl methyl sites for hydroxylation is 2. The lowest BCUT2D eigenvalue weighted by Gasteiger charge is -2.10. The number of nitrogens with two attached hydrogens (primary N) is 1. The zero-order chi connectivity index (χ0) is 21.1. The van der Waals surface area contributed by atoms with Crippen LogP contribution in [0.4, 0.5) is 17.1 Å². The summed E-state index contributed by atoms with van der Waals surface area (Å²) in [6.45, 7) is 2.91. The fourth-order valence-corrected chi connectivity index (χ4v) is 2.88. The van der Waals surface area contributed by atoms with Crippen molar-refractivity contribution in [1.82, 2.24) is 0 Å². The number of rotatable bonds is 5. The number of esters is 1. The van der Waals surface area contributed by atoms with E-state index in [4.69, 9.17) is 10.5 Å². The Morgan fingerprint density at radius 2 is 1.69 bits per heavy atom. The predicted octanol–water partition coefficient (Wildman–Crippen LogP) is 3.74. The van der Waals surface area contributed by atoms with Gasteiger partial charge in [-0.05, 0) is 53.9 Å². The Balaban J connectivity index is 1.72. The van der Waals surface area contributed by atoms with Crippen LogP contribution in [0.2, 0.25) is 0 Å². The highest BCUT2D eigenvalue weighted by atomic mass is 16.6. The zero-order valence-electron chi connectivity index (χ0n) is 15.9. The molecule has 29 heavy (non-hydrogen) atoms. The van der Waals surface area contributed by atoms with Crippen molar-refractivity contribution in [3.05, 3.63) is 75.3 Å². The van der Waals surface area contributed by atoms with Gasteiger partial charge in [0, 0.05) is 11.8 Å². The summed E-state index contributed by atoms with van der Waals surface area (Å²) in [6, 6.07) is 13.5. The van der Waals surface area contributed by atoms with Gasteiger partial charge in [-0.25, -0.2) is 4.79 Å². The number of amides is 1. The topological polar surface area (TPSA) is 125 Å². The third-order valence-corrected chi connectivity index (χ3v) is 4.55. The first kappa shape index (κ1) is 19.8. The minimum absolute atomic E-state index is 0.0457. The van der Waals surface area contributed by atoms with E-state index < -0.39 is 23.4 Å². The van der Waals surface area contributed by atoms with Crippen LogP contribution in [0.15, 0.2) is 48.5 Å². The van der Waals surface area contributed by atoms with Gasteiger partial charge in [-0.2, -0.15) is 0 Å². The van der Waals surface area contributed by atoms with Crippen molar-refractivity contribution in [2.24, 2.45) is 0 Å². The lowest BCUT2D eigenvalue weighted by molar-refractivity contribution is -0.384. The average Bonchev–Trinajstić information content (AvgIpc) is 2.68. The second-order valence-corrected chi connectivity index (χ2v) is 6.62. The number of ether oxygens (including phenoxy) is 1. The van der Waals surface area contributed by atoms with Crippen molar-refractivity contribution in [2.75, 3.05) is 17.7 Å². The molecule has 0 saturated heterocycles. The number of hydrogen-bond donors (Lipinski definition) is 2. The number of nitrogens with one attached hydrogen (secondary N) is 1. The highest BCUT2D eigenvalue weighted by Gasteiger charge is 2.19. The number of carbonyl (C=O) groups is 2. The number of benzene rings is 3. The molecule has 3 N–H and O–H groups in total. The van der Waals surface area contributed by atoms with Gasteiger partial charge in [0.1, 0.15) is 5.69 Å². The van der Waals surface area contributed by atoms with Gasteiger partial charge in [0.15, 0.2) is 6.61 Å². The van der Waals surface area contributed by atoms with Crippen LogP contribution in [-0.2, 0) is 9.53 Å². The van der Waals surface area contributed by atoms with E-state index in [9.17, 15) is 19.7 Å². The smallest absolute Gasteiger partial charge is 0.340 e. The van der Waals surface area contributed by atoms with Gasteiger partial charge in [-0.3, -0.25) is 14.9 Å². The van der Waals surface area contributed by atoms with E-state index >= 15 is 0 Å². The zero-order valence-corrected chi connectivity index (χ0v) is 15.9. The van der Waals surface area contributed by atoms with E-state index in [0.29, 0.717) is 0 Å². The number of carbonyl (C=O) groups excluding carboxylic acids is 2. The number of nitro groups is 1. The molecule has 8 heteroatoms. The van der Waals surface area contributed by atoms with Gasteiger partial charge >= 0.3 is 5.97 Å². The van der Waals surface area contributed by atoms with Crippen LogP contribution in [0.5, 0.6) is 0 Å². The molecule has 0 unspecified atom stereocenters. The summed E-state index contributed by atoms with van der Waals surface area (Å²) in [7, 11) is 0. The third-order valence-electron chi connectivity index (χ3n) is 4.55. The number of anilines is 2. The molecule has 0 aliphatic carbocycles. The molecule has 0 radical (unpaired) electrons. The summed E-state index contributed by atoms with van der Waals surface area (Å²) < 4.78 is 5.05. The summed E-state index contributed by atoms with van der Waals surface area (Å²) in [5.74, 6) is -1.44. The fourth-order valence-electron chi connectivity index (χ4n) is 2.88. The van der Waals surface area contributed by atoms with Crippen LogP contribution < -0.4 is 11.1 Å². The Labute approximate surface area is 166 Å². The number of nitrogens with zero attached hydrogens (tertiary/aromatic N) is 1. The molecule has 0 heterocycles. The van der Waals surface area contributed by atoms with E-state index in [-0.39, 0.29) is 22.6 Å². The number of hydrogen-bond acceptors (Lipinski definition) is 6. The first-order chi connectivity index (χ1) is 13.8. The molecule has 3 aromatic rings. The van der Waals surface area contributed by atoms with Crippen molar-refractivity contribution < 1.29 is 19.2 Å². The van der Waals surface area contributed by atoms with Crippen molar-refractivity contribution in [1.29, 1.82) is 0 Å². The summed E-state index contributed by atoms with van der Waals surface area (Å²) in [6.07, 6.45) is 0. The van der Waals surface area contributed by atoms with Gasteiger partial charge in [0.25, 0.3) is 11.6 Å². The average molecular weight is 393 g/mol. The van der Waals surface area contributed by atoms with Gasteiger partial charge in [-0.15, -0.1) is 0 Å². The minimum atomic E-state index is -0.752. The molecule has 0 spiro atoms. The standard InChI is InChI=1S/C21H19N3O5/c1-12-7-18(19(24(27)28)8-13(12)2)23-20(25)11-29-21(26)16-9-14-5-3-4-6-15(14)10-17(16)22/h3-10H,11,22H2,1-2H3,(H,23,25). The second-order valence-electron chi connectivity index (χ2n) is 6.62. The van der Waals surface area contributed by atoms with E-state index in [1.165, 1.54) is 12.1 Å². The first-order valence-electron chi connectivity index (χ1n) is 8.77. The summed E-state index contributed by atoms with van der Waals surface area (Å²) in [5, 5.41) is 15.3. The Morgan fingerprint density at radius 3 is 2.34 bits per heavy atom. The molecule has 1 amide bonds. The molecular formula is C21H19N3O5. The van der Waals surface area contributed by atoms with E-state index in [2.05, 4.69) is 5.32 Å². The molecule has 0 saturated carbocycles. The molecule has 3 rings (SSSR count). The van der Waals surface area contributed by atoms with Gasteiger partial charge in [-0.1, -0.05) is 24.3 Å². The van der Waals surface area contributed by atoms with Crippen molar-refractivity contribution in [3.63, 3.8) is 0 Å². The van der Waals surface area contributed by atoms with Crippen molar-refractivity contribution in [2.45, 2.75) is 13.8 Å². The highest BCUT2D eigenvalue weighted by molar-refractivity contribution is 6.02. The molecule has 3 aromatic carbocycles. The second kappa shape index (κ2) is 7.97. The third kappa shape index (κ3) is 4.32. The van der Waals surface area contributed by atoms with E-state index in [0.717, 1.165) is 21.9 Å². The molecule has 8 nitrogen and oxygen atoms in total. The molecule has 0 aromatic heterocycles. The van der Waals surface area contributed by atoms with Crippen LogP contribution >= 0.6 is 0 Å². The van der Waals surface area contributed by atoms with E-state index in [1.807, 2.05) is 24.3 Å². The van der Waals surface area contributed by atoms with Crippen LogP contribution in [0, 0.1) is 24.0 Å². The van der Waals surface area contributed by atoms with Gasteiger partial charge in [0.2, 0.25) is 0 Å². The van der Waals surface area contributed by atoms with E-state index in [1.54, 1.807) is 26.0 Å². The molecule has 0 atom stereocenters. The molecule has 0 fully saturated rings. The molecule has 148 valence electrons. The summed E-state index contributed by atoms with van der Waals surface area (Å²) in [4.78, 5) is 35.2. The van der Waals surface area contributed by atoms with Crippen LogP contribution in [0.3, 0.4) is 0 Å². The predicted molar refractivity (Wildman–Crippen MR) is 110 cm³/mol. The number of nitro benzene ring substituents is 1. The minimum Gasteiger partial charge on any atom is -0.452 e. The quantitative estimate of drug-likeness (QED) is 0.294. The Kier molecular flexibility index (Phi) is 5.45. The van der Waals surface area contributed by atoms with Crippen molar-refractivity contribution in [3.8, 4) is 0 Å². The lowest BCUT2D eigenvalue weighted by atomic mass is 10.1. The maximum absolute atomic E-state index is 12.3. The van der Waals surface area contributed by atoms with Gasteiger partial charge in [0.05, 0.1) is 10.5 Å². The SMILES string of the molecule is Cc1cc(NC(=O)COC(=O)c2cc3ccccc3cc2N)c([N+](=O)[O-])cc1C. The summed E-state index contributed by atoms with van der Waals surface area (Å²) >= 11 is 0. The van der Waals surface area contributed by atoms with Gasteiger partial charge < -0.3 is 15.8 Å². The molecular weight excluding hydrogens is 374 g/mol. The lowest BCUT2D eigenvalue weighted by Crippen LogP contribution is -2.22. The first-order valence-corrected chi connectivity index (χ1v) is 8.77. The Bertz CT molecular complexity index is 1140. The monoisotopic (exact) mass is 393 g/mol. The Hall–Kier alpha value is -3.94. The highest BCUT2D eigenvalue weighted by Crippen LogP contribution is 2.28. The summed E-state index contributed by atoms with van der Waals surface area (Å²) in [5.41, 5.74) is 7.64. The number of fused-ring (bicyclic) bond motifs is 1. The number of nitrogen functional groups attached to an aromatic ring is 1. The van der Waals surface area contributed by atoms with Crippen LogP contribution in [0.1, 0.15) is 21.5 Å². The molecule has 0 aliphatic rings. The normalized spacial score (nSPS) is 10.6. The van der Waals surface area contributed by atoms with Crippen LogP contribution in [-0.4, -0.2) is 23.4 Å². The molecule has 0 aliphatic heterocycles. The Morgan fingerprint density at radius 1 is 1.07 bits per heavy atom. The maximum Gasteiger partial charge on any atom is 0.340 e. The molecule has 0 bridgehead atoms. The van der Waals surface area contributed by atoms with Crippen molar-refractivity contribution >= 4 is 39.7 Å². The fraction of sp³-hybridized carbons (Fsp3) is 0.143. The maximum atomic E-state index is 12.3. The van der Waals surface area contributed by atoms with Crippen LogP contribution in [0.25, 0.3) is 10.8 Å².